The Labute approximate surface area is 156 Å². The van der Waals surface area contributed by atoms with Crippen LogP contribution in [0.4, 0.5) is 4.39 Å². The first-order valence-corrected chi connectivity index (χ1v) is 8.75. The lowest BCUT2D eigenvalue weighted by Crippen LogP contribution is -2.29. The standard InChI is InChI=1S/C22H17FN2O2/c1-13(26)25-22-19(12-24)20(15-6-9-16(23)10-7-15)18-11-8-14-4-2-3-5-17(14)21(18)27-22/h2-7,9-10,20H,8,11H2,1H3,(H,25,26). The second kappa shape index (κ2) is 6.73. The number of amides is 1. The van der Waals surface area contributed by atoms with E-state index in [9.17, 15) is 14.4 Å². The number of allylic oxidation sites excluding steroid dienone is 2. The maximum absolute atomic E-state index is 13.4. The average Bonchev–Trinajstić information content (AvgIpc) is 2.67. The highest BCUT2D eigenvalue weighted by Gasteiger charge is 2.36. The zero-order valence-corrected chi connectivity index (χ0v) is 14.8. The van der Waals surface area contributed by atoms with Gasteiger partial charge in [0, 0.05) is 18.4 Å². The van der Waals surface area contributed by atoms with Crippen molar-refractivity contribution in [3.05, 3.63) is 88.1 Å². The predicted octanol–water partition coefficient (Wildman–Crippen LogP) is 4.17. The Morgan fingerprint density at radius 2 is 1.93 bits per heavy atom. The van der Waals surface area contributed by atoms with E-state index in [0.717, 1.165) is 35.1 Å². The number of hydrogen-bond donors (Lipinski definition) is 1. The first-order valence-electron chi connectivity index (χ1n) is 8.75. The van der Waals surface area contributed by atoms with Gasteiger partial charge in [-0.15, -0.1) is 0 Å². The molecule has 0 saturated carbocycles. The van der Waals surface area contributed by atoms with Gasteiger partial charge in [0.25, 0.3) is 0 Å². The van der Waals surface area contributed by atoms with Crippen LogP contribution in [0.1, 0.15) is 36.0 Å². The van der Waals surface area contributed by atoms with Crippen molar-refractivity contribution in [3.63, 3.8) is 0 Å². The van der Waals surface area contributed by atoms with E-state index in [1.165, 1.54) is 19.1 Å². The third kappa shape index (κ3) is 3.00. The molecule has 0 fully saturated rings. The number of carbonyl (C=O) groups excluding carboxylic acids is 1. The van der Waals surface area contributed by atoms with Crippen molar-refractivity contribution in [2.24, 2.45) is 0 Å². The van der Waals surface area contributed by atoms with Gasteiger partial charge >= 0.3 is 0 Å². The van der Waals surface area contributed by atoms with Crippen molar-refractivity contribution in [1.82, 2.24) is 5.32 Å². The number of aryl methyl sites for hydroxylation is 1. The summed E-state index contributed by atoms with van der Waals surface area (Å²) in [6, 6.07) is 16.3. The third-order valence-corrected chi connectivity index (χ3v) is 4.92. The summed E-state index contributed by atoms with van der Waals surface area (Å²) in [5.74, 6) is -0.208. The molecule has 2 aromatic carbocycles. The molecule has 4 rings (SSSR count). The molecule has 1 aliphatic carbocycles. The van der Waals surface area contributed by atoms with Gasteiger partial charge in [0.05, 0.1) is 0 Å². The molecule has 27 heavy (non-hydrogen) atoms. The summed E-state index contributed by atoms with van der Waals surface area (Å²) in [4.78, 5) is 11.7. The summed E-state index contributed by atoms with van der Waals surface area (Å²) in [6.45, 7) is 1.37. The van der Waals surface area contributed by atoms with E-state index in [4.69, 9.17) is 4.74 Å². The summed E-state index contributed by atoms with van der Waals surface area (Å²) in [7, 11) is 0. The van der Waals surface area contributed by atoms with Gasteiger partial charge in [0.15, 0.2) is 0 Å². The normalized spacial score (nSPS) is 18.2. The summed E-state index contributed by atoms with van der Waals surface area (Å²) in [6.07, 6.45) is 1.57. The van der Waals surface area contributed by atoms with Gasteiger partial charge in [-0.3, -0.25) is 10.1 Å². The molecule has 1 aliphatic heterocycles. The number of nitrogens with zero attached hydrogens (tertiary/aromatic N) is 1. The Morgan fingerprint density at radius 1 is 1.19 bits per heavy atom. The smallest absolute Gasteiger partial charge is 0.223 e. The topological polar surface area (TPSA) is 62.1 Å². The van der Waals surface area contributed by atoms with E-state index in [1.807, 2.05) is 18.2 Å². The molecule has 2 aliphatic rings. The Morgan fingerprint density at radius 3 is 2.63 bits per heavy atom. The molecule has 0 spiro atoms. The maximum atomic E-state index is 13.4. The van der Waals surface area contributed by atoms with Crippen LogP contribution in [-0.2, 0) is 16.0 Å². The van der Waals surface area contributed by atoms with Gasteiger partial charge in [-0.05, 0) is 41.7 Å². The number of halogens is 1. The lowest BCUT2D eigenvalue weighted by molar-refractivity contribution is -0.118. The van der Waals surface area contributed by atoms with Crippen molar-refractivity contribution in [2.45, 2.75) is 25.7 Å². The minimum Gasteiger partial charge on any atom is -0.439 e. The Hall–Kier alpha value is -3.39. The van der Waals surface area contributed by atoms with Crippen LogP contribution in [0.3, 0.4) is 0 Å². The molecular weight excluding hydrogens is 343 g/mol. The number of nitriles is 1. The molecule has 4 nitrogen and oxygen atoms in total. The van der Waals surface area contributed by atoms with E-state index in [0.29, 0.717) is 11.3 Å². The summed E-state index contributed by atoms with van der Waals surface area (Å²) >= 11 is 0. The zero-order valence-electron chi connectivity index (χ0n) is 14.8. The first-order chi connectivity index (χ1) is 13.1. The fourth-order valence-corrected chi connectivity index (χ4v) is 3.77. The van der Waals surface area contributed by atoms with Gasteiger partial charge in [-0.25, -0.2) is 4.39 Å². The highest BCUT2D eigenvalue weighted by atomic mass is 19.1. The van der Waals surface area contributed by atoms with Crippen LogP contribution < -0.4 is 5.32 Å². The van der Waals surface area contributed by atoms with Crippen LogP contribution >= 0.6 is 0 Å². The van der Waals surface area contributed by atoms with Gasteiger partial charge in [0.2, 0.25) is 11.8 Å². The molecule has 1 amide bonds. The van der Waals surface area contributed by atoms with Crippen LogP contribution in [0, 0.1) is 17.1 Å². The number of nitrogens with one attached hydrogen (secondary N) is 1. The van der Waals surface area contributed by atoms with Crippen LogP contribution in [-0.4, -0.2) is 5.91 Å². The lowest BCUT2D eigenvalue weighted by atomic mass is 9.76. The Bertz CT molecular complexity index is 1030. The van der Waals surface area contributed by atoms with E-state index in [-0.39, 0.29) is 23.5 Å². The fourth-order valence-electron chi connectivity index (χ4n) is 3.77. The van der Waals surface area contributed by atoms with E-state index in [1.54, 1.807) is 12.1 Å². The number of ether oxygens (including phenoxy) is 1. The number of carbonyl (C=O) groups is 1. The quantitative estimate of drug-likeness (QED) is 0.874. The molecule has 1 N–H and O–H groups in total. The maximum Gasteiger partial charge on any atom is 0.223 e. The van der Waals surface area contributed by atoms with Gasteiger partial charge in [-0.2, -0.15) is 5.26 Å². The highest BCUT2D eigenvalue weighted by Crippen LogP contribution is 2.47. The predicted molar refractivity (Wildman–Crippen MR) is 98.4 cm³/mol. The molecule has 1 heterocycles. The van der Waals surface area contributed by atoms with E-state index in [2.05, 4.69) is 17.5 Å². The van der Waals surface area contributed by atoms with Crippen LogP contribution in [0.2, 0.25) is 0 Å². The Kier molecular flexibility index (Phi) is 4.25. The van der Waals surface area contributed by atoms with Crippen molar-refractivity contribution in [3.8, 4) is 6.07 Å². The minimum atomic E-state index is -0.380. The molecule has 2 aromatic rings. The third-order valence-electron chi connectivity index (χ3n) is 4.92. The van der Waals surface area contributed by atoms with Crippen molar-refractivity contribution < 1.29 is 13.9 Å². The van der Waals surface area contributed by atoms with Crippen molar-refractivity contribution in [1.29, 1.82) is 5.26 Å². The number of fused-ring (bicyclic) bond motifs is 2. The van der Waals surface area contributed by atoms with Crippen LogP contribution in [0.25, 0.3) is 5.76 Å². The number of hydrogen-bond acceptors (Lipinski definition) is 3. The second-order valence-corrected chi connectivity index (χ2v) is 6.63. The lowest BCUT2D eigenvalue weighted by Gasteiger charge is -2.34. The van der Waals surface area contributed by atoms with Crippen molar-refractivity contribution in [2.75, 3.05) is 0 Å². The van der Waals surface area contributed by atoms with Crippen LogP contribution in [0.5, 0.6) is 0 Å². The van der Waals surface area contributed by atoms with Gasteiger partial charge in [0.1, 0.15) is 23.2 Å². The first kappa shape index (κ1) is 17.0. The summed E-state index contributed by atoms with van der Waals surface area (Å²) in [5, 5.41) is 12.5. The monoisotopic (exact) mass is 360 g/mol. The Balaban J connectivity index is 1.92. The summed E-state index contributed by atoms with van der Waals surface area (Å²) in [5.41, 5.74) is 4.23. The fraction of sp³-hybridized carbons (Fsp3) is 0.182. The van der Waals surface area contributed by atoms with E-state index < -0.39 is 0 Å². The van der Waals surface area contributed by atoms with E-state index >= 15 is 0 Å². The number of benzene rings is 2. The molecule has 134 valence electrons. The molecule has 0 radical (unpaired) electrons. The zero-order chi connectivity index (χ0) is 19.0. The SMILES string of the molecule is CC(=O)NC1=C(C#N)C(c2ccc(F)cc2)C2=C(O1)c1ccccc1CC2. The highest BCUT2D eigenvalue weighted by molar-refractivity contribution is 5.78. The molecule has 0 saturated heterocycles. The molecule has 5 heteroatoms. The average molecular weight is 360 g/mol. The van der Waals surface area contributed by atoms with Crippen LogP contribution in [0.15, 0.2) is 65.6 Å². The molecule has 0 aromatic heterocycles. The van der Waals surface area contributed by atoms with Gasteiger partial charge < -0.3 is 4.74 Å². The largest absolute Gasteiger partial charge is 0.439 e. The number of rotatable bonds is 2. The molecular formula is C22H17FN2O2. The molecule has 1 unspecified atom stereocenters. The molecule has 0 bridgehead atoms. The minimum absolute atomic E-state index is 0.148. The van der Waals surface area contributed by atoms with Crippen molar-refractivity contribution >= 4 is 11.7 Å². The summed E-state index contributed by atoms with van der Waals surface area (Å²) < 4.78 is 19.5. The molecule has 1 atom stereocenters. The second-order valence-electron chi connectivity index (χ2n) is 6.63. The van der Waals surface area contributed by atoms with Gasteiger partial charge in [-0.1, -0.05) is 36.4 Å².